The van der Waals surface area contributed by atoms with Crippen LogP contribution < -0.4 is 5.32 Å². The minimum Gasteiger partial charge on any atom is -0.313 e. The number of benzene rings is 2. The molecule has 2 rings (SSSR count). The molecule has 0 aliphatic heterocycles. The molecule has 1 nitrogen and oxygen atoms in total. The first-order chi connectivity index (χ1) is 9.67. The van der Waals surface area contributed by atoms with Gasteiger partial charge in [-0.05, 0) is 43.7 Å². The van der Waals surface area contributed by atoms with Crippen molar-refractivity contribution in [3.8, 4) is 0 Å². The van der Waals surface area contributed by atoms with Crippen LogP contribution in [0.4, 0.5) is 0 Å². The van der Waals surface area contributed by atoms with Crippen LogP contribution in [-0.2, 0) is 12.3 Å². The van der Waals surface area contributed by atoms with E-state index in [0.29, 0.717) is 0 Å². The van der Waals surface area contributed by atoms with Crippen LogP contribution in [0.3, 0.4) is 0 Å². The molecule has 0 heterocycles. The van der Waals surface area contributed by atoms with Gasteiger partial charge in [0.15, 0.2) is 0 Å². The molecular formula is C18H23NS. The molecule has 0 unspecified atom stereocenters. The predicted molar refractivity (Wildman–Crippen MR) is 89.3 cm³/mol. The second kappa shape index (κ2) is 7.51. The molecule has 0 aromatic heterocycles. The van der Waals surface area contributed by atoms with Gasteiger partial charge in [-0.15, -0.1) is 11.8 Å². The maximum absolute atomic E-state index is 3.37. The standard InChI is InChI=1S/C18H23NS/c1-4-19-12-16-6-5-7-18(11-16)20-13-17-9-14(2)8-15(3)10-17/h5-11,19H,4,12-13H2,1-3H3. The molecular weight excluding hydrogens is 262 g/mol. The summed E-state index contributed by atoms with van der Waals surface area (Å²) in [5.74, 6) is 1.03. The molecule has 0 aliphatic rings. The number of thioether (sulfide) groups is 1. The SMILES string of the molecule is CCNCc1cccc(SCc2cc(C)cc(C)c2)c1. The largest absolute Gasteiger partial charge is 0.313 e. The van der Waals surface area contributed by atoms with Crippen molar-refractivity contribution in [1.29, 1.82) is 0 Å². The average Bonchev–Trinajstić information content (AvgIpc) is 2.42. The van der Waals surface area contributed by atoms with E-state index in [1.165, 1.54) is 27.1 Å². The normalized spacial score (nSPS) is 10.8. The molecule has 2 aromatic rings. The van der Waals surface area contributed by atoms with E-state index in [2.05, 4.69) is 68.6 Å². The Kier molecular flexibility index (Phi) is 5.69. The monoisotopic (exact) mass is 285 g/mol. The van der Waals surface area contributed by atoms with Crippen molar-refractivity contribution in [2.24, 2.45) is 0 Å². The summed E-state index contributed by atoms with van der Waals surface area (Å²) in [6, 6.07) is 15.6. The summed E-state index contributed by atoms with van der Waals surface area (Å²) in [7, 11) is 0. The zero-order valence-corrected chi connectivity index (χ0v) is 13.4. The molecule has 106 valence electrons. The second-order valence-corrected chi connectivity index (χ2v) is 6.26. The van der Waals surface area contributed by atoms with Crippen molar-refractivity contribution < 1.29 is 0 Å². The lowest BCUT2D eigenvalue weighted by Gasteiger charge is -2.07. The van der Waals surface area contributed by atoms with Crippen molar-refractivity contribution in [3.05, 3.63) is 64.7 Å². The van der Waals surface area contributed by atoms with Gasteiger partial charge in [0.1, 0.15) is 0 Å². The van der Waals surface area contributed by atoms with Crippen molar-refractivity contribution in [2.45, 2.75) is 38.0 Å². The highest BCUT2D eigenvalue weighted by Crippen LogP contribution is 2.24. The summed E-state index contributed by atoms with van der Waals surface area (Å²) in [6.07, 6.45) is 0. The summed E-state index contributed by atoms with van der Waals surface area (Å²) >= 11 is 1.91. The van der Waals surface area contributed by atoms with Crippen LogP contribution in [0.15, 0.2) is 47.4 Å². The molecule has 20 heavy (non-hydrogen) atoms. The summed E-state index contributed by atoms with van der Waals surface area (Å²) < 4.78 is 0. The number of rotatable bonds is 6. The number of aryl methyl sites for hydroxylation is 2. The third kappa shape index (κ3) is 4.69. The maximum Gasteiger partial charge on any atom is 0.0232 e. The van der Waals surface area contributed by atoms with Crippen LogP contribution in [0.5, 0.6) is 0 Å². The summed E-state index contributed by atoms with van der Waals surface area (Å²) in [5, 5.41) is 3.37. The van der Waals surface area contributed by atoms with Crippen molar-refractivity contribution in [3.63, 3.8) is 0 Å². The first-order valence-electron chi connectivity index (χ1n) is 7.17. The predicted octanol–water partition coefficient (Wildman–Crippen LogP) is 4.71. The van der Waals surface area contributed by atoms with Crippen LogP contribution in [-0.4, -0.2) is 6.54 Å². The Morgan fingerprint density at radius 1 is 0.950 bits per heavy atom. The molecule has 0 atom stereocenters. The van der Waals surface area contributed by atoms with Crippen molar-refractivity contribution >= 4 is 11.8 Å². The van der Waals surface area contributed by atoms with Gasteiger partial charge in [-0.25, -0.2) is 0 Å². The smallest absolute Gasteiger partial charge is 0.0232 e. The zero-order valence-electron chi connectivity index (χ0n) is 12.6. The first kappa shape index (κ1) is 15.1. The van der Waals surface area contributed by atoms with Gasteiger partial charge in [0, 0.05) is 17.2 Å². The molecule has 2 aromatic carbocycles. The Hall–Kier alpha value is -1.25. The van der Waals surface area contributed by atoms with Gasteiger partial charge in [0.25, 0.3) is 0 Å². The Morgan fingerprint density at radius 3 is 2.40 bits per heavy atom. The van der Waals surface area contributed by atoms with Crippen molar-refractivity contribution in [2.75, 3.05) is 6.54 Å². The fourth-order valence-corrected chi connectivity index (χ4v) is 3.24. The number of nitrogens with one attached hydrogen (secondary N) is 1. The number of hydrogen-bond acceptors (Lipinski definition) is 2. The molecule has 2 heteroatoms. The molecule has 0 saturated heterocycles. The quantitative estimate of drug-likeness (QED) is 0.772. The van der Waals surface area contributed by atoms with Crippen LogP contribution in [0, 0.1) is 13.8 Å². The third-order valence-electron chi connectivity index (χ3n) is 3.16. The van der Waals surface area contributed by atoms with E-state index in [1.807, 2.05) is 11.8 Å². The molecule has 0 saturated carbocycles. The lowest BCUT2D eigenvalue weighted by atomic mass is 10.1. The van der Waals surface area contributed by atoms with Crippen LogP contribution >= 0.6 is 11.8 Å². The van der Waals surface area contributed by atoms with Crippen LogP contribution in [0.25, 0.3) is 0 Å². The van der Waals surface area contributed by atoms with Gasteiger partial charge < -0.3 is 5.32 Å². The Labute approximate surface area is 126 Å². The fraction of sp³-hybridized carbons (Fsp3) is 0.333. The van der Waals surface area contributed by atoms with Crippen molar-refractivity contribution in [1.82, 2.24) is 5.32 Å². The summed E-state index contributed by atoms with van der Waals surface area (Å²) in [6.45, 7) is 8.43. The topological polar surface area (TPSA) is 12.0 Å². The van der Waals surface area contributed by atoms with Crippen LogP contribution in [0.2, 0.25) is 0 Å². The second-order valence-electron chi connectivity index (χ2n) is 5.21. The van der Waals surface area contributed by atoms with E-state index in [-0.39, 0.29) is 0 Å². The Balaban J connectivity index is 1.99. The highest BCUT2D eigenvalue weighted by molar-refractivity contribution is 7.98. The van der Waals surface area contributed by atoms with E-state index in [0.717, 1.165) is 18.8 Å². The lowest BCUT2D eigenvalue weighted by Crippen LogP contribution is -2.11. The molecule has 0 aliphatic carbocycles. The van der Waals surface area contributed by atoms with E-state index in [1.54, 1.807) is 0 Å². The fourth-order valence-electron chi connectivity index (χ4n) is 2.33. The van der Waals surface area contributed by atoms with E-state index >= 15 is 0 Å². The lowest BCUT2D eigenvalue weighted by molar-refractivity contribution is 0.725. The van der Waals surface area contributed by atoms with Crippen LogP contribution in [0.1, 0.15) is 29.2 Å². The molecule has 1 N–H and O–H groups in total. The summed E-state index contributed by atoms with van der Waals surface area (Å²) in [4.78, 5) is 1.35. The molecule has 0 radical (unpaired) electrons. The molecule has 0 spiro atoms. The average molecular weight is 285 g/mol. The summed E-state index contributed by atoms with van der Waals surface area (Å²) in [5.41, 5.74) is 5.46. The zero-order chi connectivity index (χ0) is 14.4. The number of hydrogen-bond donors (Lipinski definition) is 1. The van der Waals surface area contributed by atoms with Gasteiger partial charge >= 0.3 is 0 Å². The van der Waals surface area contributed by atoms with Gasteiger partial charge in [-0.1, -0.05) is 48.4 Å². The van der Waals surface area contributed by atoms with Gasteiger partial charge in [-0.2, -0.15) is 0 Å². The maximum atomic E-state index is 3.37. The van der Waals surface area contributed by atoms with Gasteiger partial charge in [0.2, 0.25) is 0 Å². The first-order valence-corrected chi connectivity index (χ1v) is 8.15. The Morgan fingerprint density at radius 2 is 1.70 bits per heavy atom. The third-order valence-corrected chi connectivity index (χ3v) is 4.23. The van der Waals surface area contributed by atoms with E-state index < -0.39 is 0 Å². The van der Waals surface area contributed by atoms with Gasteiger partial charge in [-0.3, -0.25) is 0 Å². The Bertz CT molecular complexity index is 543. The minimum atomic E-state index is 0.953. The van der Waals surface area contributed by atoms with E-state index in [4.69, 9.17) is 0 Å². The molecule has 0 amide bonds. The molecule has 0 fully saturated rings. The minimum absolute atomic E-state index is 0.953. The molecule has 0 bridgehead atoms. The van der Waals surface area contributed by atoms with E-state index in [9.17, 15) is 0 Å². The van der Waals surface area contributed by atoms with Gasteiger partial charge in [0.05, 0.1) is 0 Å². The highest BCUT2D eigenvalue weighted by atomic mass is 32.2. The highest BCUT2D eigenvalue weighted by Gasteiger charge is 2.00.